The fraction of sp³-hybridized carbons (Fsp3) is 0.629. The van der Waals surface area contributed by atoms with E-state index in [4.69, 9.17) is 39.1 Å². The molecule has 0 aromatic carbocycles. The minimum Gasteiger partial charge on any atom is -0.481 e. The molecule has 0 spiro atoms. The van der Waals surface area contributed by atoms with E-state index in [0.717, 1.165) is 148 Å². The minimum absolute atomic E-state index is 0.0193. The molecule has 0 radical (unpaired) electrons. The summed E-state index contributed by atoms with van der Waals surface area (Å²) in [5.74, 6) is 1.29. The molecule has 4 aromatic rings. The van der Waals surface area contributed by atoms with Crippen molar-refractivity contribution in [1.82, 2.24) is 29.9 Å². The molecular formula is C62H90N8O11. The number of pyridine rings is 2. The number of hydrogen-bond acceptors (Lipinski definition) is 16. The molecule has 4 aromatic heterocycles. The van der Waals surface area contributed by atoms with Crippen LogP contribution in [0, 0.1) is 0 Å². The van der Waals surface area contributed by atoms with Gasteiger partial charge in [0.25, 0.3) is 0 Å². The third-order valence-electron chi connectivity index (χ3n) is 13.8. The fourth-order valence-electron chi connectivity index (χ4n) is 9.81. The Morgan fingerprint density at radius 3 is 1.35 bits per heavy atom. The van der Waals surface area contributed by atoms with Gasteiger partial charge in [0.2, 0.25) is 0 Å². The Bertz CT molecular complexity index is 2600. The van der Waals surface area contributed by atoms with Crippen LogP contribution >= 0.6 is 0 Å². The van der Waals surface area contributed by atoms with E-state index >= 15 is 0 Å². The Morgan fingerprint density at radius 2 is 0.963 bits per heavy atom. The van der Waals surface area contributed by atoms with Gasteiger partial charge in [0.05, 0.1) is 32.5 Å². The van der Waals surface area contributed by atoms with E-state index in [2.05, 4.69) is 44.2 Å². The van der Waals surface area contributed by atoms with E-state index in [9.17, 15) is 24.0 Å². The molecule has 0 aliphatic carbocycles. The lowest BCUT2D eigenvalue weighted by atomic mass is 9.92. The maximum atomic E-state index is 12.8. The SMILES string of the molecule is CCOC(=O)C[C@H](CCCCCCc1ccc2c(n1)N(C(=O)OC(C)(C)C)CCC2)c1cnc(CCC(=O)O)nc1.CCOC(=O)C[C@H](CCCCCCc1ccc2c(n1)N(C(=O)OC(C)(C)C)CCC2)c1cnc(CCCO)nc1. The van der Waals surface area contributed by atoms with Crippen molar-refractivity contribution >= 4 is 41.7 Å². The number of carboxylic acid groups (broad SMARTS) is 1. The van der Waals surface area contributed by atoms with E-state index in [1.807, 2.05) is 60.9 Å². The quantitative estimate of drug-likeness (QED) is 0.0305. The molecule has 2 aliphatic rings. The van der Waals surface area contributed by atoms with Crippen molar-refractivity contribution in [2.24, 2.45) is 0 Å². The lowest BCUT2D eigenvalue weighted by Crippen LogP contribution is -2.40. The third kappa shape index (κ3) is 23.4. The standard InChI is InChI=1S/C31H44N4O6.C31H46N4O5/c1-5-40-28(38)19-23(24-20-32-26(33-21-24)16-17-27(36)37)11-8-6-7-9-13-25-15-14-22-12-10-18-35(29(22)34-25)30(39)41-31(2,3)4;1-5-39-28(37)20-24(25-21-32-27(33-22-25)15-11-19-36)12-8-6-7-9-14-26-17-16-23-13-10-18-35(29(23)34-26)30(38)40-31(2,3)4/h14-15,20-21,23H,5-13,16-19H2,1-4H3,(H,36,37);16-17,21-22,24,36H,5-15,18-20H2,1-4H3/t23-;24-/m00/s1. The van der Waals surface area contributed by atoms with Crippen LogP contribution in [0.15, 0.2) is 49.1 Å². The Balaban J connectivity index is 0.000000297. The van der Waals surface area contributed by atoms with Crippen LogP contribution in [-0.4, -0.2) is 114 Å². The summed E-state index contributed by atoms with van der Waals surface area (Å²) in [7, 11) is 0. The molecule has 444 valence electrons. The monoisotopic (exact) mass is 1120 g/mol. The highest BCUT2D eigenvalue weighted by molar-refractivity contribution is 5.89. The maximum absolute atomic E-state index is 12.8. The van der Waals surface area contributed by atoms with Gasteiger partial charge >= 0.3 is 30.1 Å². The minimum atomic E-state index is -0.886. The van der Waals surface area contributed by atoms with Gasteiger partial charge in [-0.15, -0.1) is 0 Å². The molecule has 2 amide bonds. The number of carbonyl (C=O) groups excluding carboxylic acids is 4. The zero-order valence-corrected chi connectivity index (χ0v) is 49.5. The molecule has 6 heterocycles. The van der Waals surface area contributed by atoms with Gasteiger partial charge in [-0.05, 0) is 172 Å². The smallest absolute Gasteiger partial charge is 0.416 e. The molecule has 2 aliphatic heterocycles. The number of aliphatic carboxylic acids is 1. The number of hydrogen-bond donors (Lipinski definition) is 2. The van der Waals surface area contributed by atoms with E-state index in [-0.39, 0.29) is 61.8 Å². The average molecular weight is 1120 g/mol. The van der Waals surface area contributed by atoms with Gasteiger partial charge < -0.3 is 29.2 Å². The van der Waals surface area contributed by atoms with E-state index < -0.39 is 17.2 Å². The number of rotatable bonds is 28. The number of amides is 2. The largest absolute Gasteiger partial charge is 0.481 e. The Labute approximate surface area is 479 Å². The van der Waals surface area contributed by atoms with Gasteiger partial charge in [-0.1, -0.05) is 50.7 Å². The van der Waals surface area contributed by atoms with Crippen LogP contribution < -0.4 is 9.80 Å². The highest BCUT2D eigenvalue weighted by Crippen LogP contribution is 2.31. The summed E-state index contributed by atoms with van der Waals surface area (Å²) >= 11 is 0. The Kier molecular flexibility index (Phi) is 26.8. The molecule has 0 saturated heterocycles. The van der Waals surface area contributed by atoms with E-state index in [1.165, 1.54) is 0 Å². The first-order chi connectivity index (χ1) is 38.7. The summed E-state index contributed by atoms with van der Waals surface area (Å²) in [5.41, 5.74) is 4.86. The van der Waals surface area contributed by atoms with Crippen LogP contribution in [0.2, 0.25) is 0 Å². The fourth-order valence-corrected chi connectivity index (χ4v) is 9.81. The number of aryl methyl sites for hydroxylation is 6. The van der Waals surface area contributed by atoms with Crippen LogP contribution in [-0.2, 0) is 71.9 Å². The zero-order chi connectivity index (χ0) is 58.8. The first kappa shape index (κ1) is 65.2. The molecule has 0 bridgehead atoms. The summed E-state index contributed by atoms with van der Waals surface area (Å²) < 4.78 is 21.6. The number of aliphatic hydroxyl groups excluding tert-OH is 1. The van der Waals surface area contributed by atoms with Crippen LogP contribution in [0.25, 0.3) is 0 Å². The summed E-state index contributed by atoms with van der Waals surface area (Å²) in [4.78, 5) is 91.3. The first-order valence-corrected chi connectivity index (χ1v) is 29.5. The topological polar surface area (TPSA) is 247 Å². The van der Waals surface area contributed by atoms with Gasteiger partial charge in [-0.3, -0.25) is 24.2 Å². The summed E-state index contributed by atoms with van der Waals surface area (Å²) in [6.45, 7) is 16.9. The number of ether oxygens (including phenoxy) is 4. The zero-order valence-electron chi connectivity index (χ0n) is 49.5. The molecule has 0 unspecified atom stereocenters. The second-order valence-electron chi connectivity index (χ2n) is 22.9. The van der Waals surface area contributed by atoms with Crippen molar-refractivity contribution in [3.8, 4) is 0 Å². The highest BCUT2D eigenvalue weighted by Gasteiger charge is 2.30. The Hall–Kier alpha value is -6.63. The number of carboxylic acids is 1. The van der Waals surface area contributed by atoms with Crippen molar-refractivity contribution in [2.75, 3.05) is 42.7 Å². The number of carbonyl (C=O) groups is 5. The van der Waals surface area contributed by atoms with Gasteiger partial charge in [0.15, 0.2) is 0 Å². The lowest BCUT2D eigenvalue weighted by molar-refractivity contribution is -0.144. The summed E-state index contributed by atoms with van der Waals surface area (Å²) in [5, 5.41) is 17.9. The molecule has 19 heteroatoms. The summed E-state index contributed by atoms with van der Waals surface area (Å²) in [6.07, 6.45) is 23.5. The highest BCUT2D eigenvalue weighted by atomic mass is 16.6. The molecule has 19 nitrogen and oxygen atoms in total. The number of fused-ring (bicyclic) bond motifs is 2. The van der Waals surface area contributed by atoms with Gasteiger partial charge in [-0.2, -0.15) is 0 Å². The predicted molar refractivity (Wildman–Crippen MR) is 309 cm³/mol. The molecule has 6 rings (SSSR count). The average Bonchev–Trinajstić information content (AvgIpc) is 3.45. The molecule has 0 saturated carbocycles. The van der Waals surface area contributed by atoms with Gasteiger partial charge in [0, 0.05) is 68.7 Å². The number of anilines is 2. The molecule has 0 fully saturated rings. The number of unbranched alkanes of at least 4 members (excludes halogenated alkanes) is 6. The predicted octanol–water partition coefficient (Wildman–Crippen LogP) is 11.5. The van der Waals surface area contributed by atoms with Gasteiger partial charge in [0.1, 0.15) is 34.5 Å². The van der Waals surface area contributed by atoms with E-state index in [0.29, 0.717) is 57.2 Å². The lowest BCUT2D eigenvalue weighted by Gasteiger charge is -2.31. The van der Waals surface area contributed by atoms with Crippen molar-refractivity contribution < 1.29 is 53.1 Å². The number of nitrogens with zero attached hydrogens (tertiary/aromatic N) is 8. The van der Waals surface area contributed by atoms with Crippen molar-refractivity contribution in [3.05, 3.63) is 94.3 Å². The first-order valence-electron chi connectivity index (χ1n) is 29.5. The van der Waals surface area contributed by atoms with Crippen molar-refractivity contribution in [2.45, 2.75) is 220 Å². The maximum Gasteiger partial charge on any atom is 0.416 e. The van der Waals surface area contributed by atoms with Gasteiger partial charge in [-0.25, -0.2) is 39.5 Å². The summed E-state index contributed by atoms with van der Waals surface area (Å²) in [6, 6.07) is 8.33. The van der Waals surface area contributed by atoms with Crippen LogP contribution in [0.3, 0.4) is 0 Å². The number of aromatic nitrogens is 6. The van der Waals surface area contributed by atoms with E-state index in [1.54, 1.807) is 29.1 Å². The number of esters is 2. The van der Waals surface area contributed by atoms with Crippen LogP contribution in [0.5, 0.6) is 0 Å². The second kappa shape index (κ2) is 33.3. The van der Waals surface area contributed by atoms with Crippen LogP contribution in [0.1, 0.15) is 215 Å². The normalized spacial score (nSPS) is 13.9. The Morgan fingerprint density at radius 1 is 0.556 bits per heavy atom. The molecular weight excluding hydrogens is 1030 g/mol. The molecule has 2 atom stereocenters. The van der Waals surface area contributed by atoms with Crippen LogP contribution in [0.4, 0.5) is 21.2 Å². The second-order valence-corrected chi connectivity index (χ2v) is 22.9. The molecule has 81 heavy (non-hydrogen) atoms. The van der Waals surface area contributed by atoms with Crippen molar-refractivity contribution in [1.29, 1.82) is 0 Å². The number of aliphatic hydroxyl groups is 1. The third-order valence-corrected chi connectivity index (χ3v) is 13.8. The molecule has 2 N–H and O–H groups in total. The van der Waals surface area contributed by atoms with Crippen molar-refractivity contribution in [3.63, 3.8) is 0 Å².